The summed E-state index contributed by atoms with van der Waals surface area (Å²) in [7, 11) is 0. The molecule has 0 amide bonds. The molecule has 240 valence electrons. The largest absolute Gasteiger partial charge is 1.00 e. The van der Waals surface area contributed by atoms with Gasteiger partial charge >= 0.3 is 113 Å². The zero-order chi connectivity index (χ0) is 32.2. The fourth-order valence-corrected chi connectivity index (χ4v) is 10.0. The fourth-order valence-electron chi connectivity index (χ4n) is 6.11. The molecule has 0 aromatic heterocycles. The standard InChI is InChI=1S/C23H29.C14H14Si.C5H5.2ClH.Zr/c1-14-9-16-11-17-10-15(2)21(23(6,7)8)13-19(17)18(16)12-20(14)22(3,4)5;1-11-5-3-7-13(9-11)15-14-8-4-6-12(2)10-14;1-2-4-5-3-1;;;/h9,12-13H,11H2,1-8H3;3-10H,1-2H3;1-5H;2*1H;/q-1;;-1;;;+2/p-2. The second-order valence-electron chi connectivity index (χ2n) is 14.3. The summed E-state index contributed by atoms with van der Waals surface area (Å²) in [6, 6.07) is 38.9. The summed E-state index contributed by atoms with van der Waals surface area (Å²) in [6.45, 7) is 22.6. The summed E-state index contributed by atoms with van der Waals surface area (Å²) in [6.07, 6.45) is 1.03. The molecule has 0 bridgehead atoms. The molecular weight excluding hydrogens is 695 g/mol. The number of fused-ring (bicyclic) bond motifs is 3. The monoisotopic (exact) mass is 740 g/mol. The molecule has 5 aromatic rings. The maximum Gasteiger partial charge on any atom is -0.172 e. The van der Waals surface area contributed by atoms with Gasteiger partial charge in [0.25, 0.3) is 0 Å². The van der Waals surface area contributed by atoms with E-state index in [1.165, 1.54) is 66.0 Å². The fraction of sp³-hybridized carbons (Fsp3) is 0.310. The van der Waals surface area contributed by atoms with Crippen LogP contribution in [0.3, 0.4) is 0 Å². The van der Waals surface area contributed by atoms with E-state index >= 15 is 0 Å². The molecular formula is C42H48Cl2SiZr-2. The van der Waals surface area contributed by atoms with E-state index in [4.69, 9.17) is 0 Å². The molecule has 0 spiro atoms. The summed E-state index contributed by atoms with van der Waals surface area (Å²) in [4.78, 5) is 0. The van der Waals surface area contributed by atoms with Gasteiger partial charge in [-0.2, -0.15) is 35.9 Å². The molecule has 0 heterocycles. The molecule has 0 saturated heterocycles. The molecule has 0 N–H and O–H groups in total. The van der Waals surface area contributed by atoms with Crippen LogP contribution < -0.4 is 35.2 Å². The van der Waals surface area contributed by atoms with Crippen LogP contribution >= 0.6 is 0 Å². The Kier molecular flexibility index (Phi) is 14.7. The second-order valence-corrected chi connectivity index (χ2v) is 19.9. The maximum atomic E-state index is 3.69. The Morgan fingerprint density at radius 2 is 1.15 bits per heavy atom. The van der Waals surface area contributed by atoms with Gasteiger partial charge in [-0.1, -0.05) is 71.6 Å². The van der Waals surface area contributed by atoms with Gasteiger partial charge in [-0.3, -0.25) is 0 Å². The van der Waals surface area contributed by atoms with Gasteiger partial charge in [0, 0.05) is 0 Å². The number of aryl methyl sites for hydroxylation is 4. The molecule has 0 atom stereocenters. The van der Waals surface area contributed by atoms with Gasteiger partial charge in [0.15, 0.2) is 0 Å². The molecule has 46 heavy (non-hydrogen) atoms. The minimum absolute atomic E-state index is 0. The van der Waals surface area contributed by atoms with Crippen LogP contribution in [0.2, 0.25) is 0 Å². The van der Waals surface area contributed by atoms with Gasteiger partial charge < -0.3 is 24.8 Å². The third-order valence-corrected chi connectivity index (χ3v) is 14.3. The van der Waals surface area contributed by atoms with Gasteiger partial charge in [-0.05, 0) is 35.4 Å². The van der Waals surface area contributed by atoms with E-state index in [0.717, 1.165) is 6.42 Å². The Hall–Kier alpha value is -2.09. The van der Waals surface area contributed by atoms with E-state index in [-0.39, 0.29) is 35.6 Å². The van der Waals surface area contributed by atoms with Crippen molar-refractivity contribution in [2.45, 2.75) is 86.5 Å². The van der Waals surface area contributed by atoms with E-state index in [2.05, 4.69) is 142 Å². The first-order valence-electron chi connectivity index (χ1n) is 15.7. The van der Waals surface area contributed by atoms with Crippen LogP contribution in [0, 0.1) is 33.8 Å². The number of rotatable bonds is 2. The molecule has 6 rings (SSSR count). The minimum atomic E-state index is -0.499. The zero-order valence-electron chi connectivity index (χ0n) is 29.2. The van der Waals surface area contributed by atoms with Crippen LogP contribution in [0.1, 0.15) is 86.1 Å². The molecule has 5 aromatic carbocycles. The van der Waals surface area contributed by atoms with Crippen LogP contribution in [0.15, 0.2) is 97.1 Å². The van der Waals surface area contributed by atoms with Gasteiger partial charge in [0.05, 0.1) is 0 Å². The van der Waals surface area contributed by atoms with Crippen LogP contribution in [0.5, 0.6) is 0 Å². The number of hydrogen-bond acceptors (Lipinski definition) is 0. The van der Waals surface area contributed by atoms with E-state index < -0.39 is 5.43 Å². The summed E-state index contributed by atoms with van der Waals surface area (Å²) in [5, 5.41) is 3.07. The van der Waals surface area contributed by atoms with E-state index in [1.54, 1.807) is 23.3 Å². The SMILES string of the molecule is Cc1[c-]c2c(cc1C(C)(C)C)-c1cc(C(C)(C)C)c(C)cc1C2.Cc1cccc([Si](=[Zr+2])c2cccc(C)c2)c1.[Cl-].[Cl-].c1cc[cH-]c1. The Balaban J connectivity index is 0.000000278. The Labute approximate surface area is 307 Å². The van der Waals surface area contributed by atoms with Crippen molar-refractivity contribution in [1.29, 1.82) is 0 Å². The quantitative estimate of drug-likeness (QED) is 0.188. The Morgan fingerprint density at radius 1 is 0.652 bits per heavy atom. The predicted molar refractivity (Wildman–Crippen MR) is 190 cm³/mol. The van der Waals surface area contributed by atoms with Crippen molar-refractivity contribution in [2.75, 3.05) is 0 Å². The van der Waals surface area contributed by atoms with Crippen molar-refractivity contribution in [1.82, 2.24) is 0 Å². The van der Waals surface area contributed by atoms with Crippen molar-refractivity contribution in [3.8, 4) is 11.1 Å². The first-order valence-corrected chi connectivity index (χ1v) is 20.9. The first kappa shape index (κ1) is 40.1. The average Bonchev–Trinajstić information content (AvgIpc) is 3.62. The molecule has 1 aliphatic carbocycles. The van der Waals surface area contributed by atoms with Crippen LogP contribution in [0.25, 0.3) is 11.1 Å². The summed E-state index contributed by atoms with van der Waals surface area (Å²) in [5.74, 6) is 0. The van der Waals surface area contributed by atoms with E-state index in [0.29, 0.717) is 0 Å². The van der Waals surface area contributed by atoms with Crippen LogP contribution in [0.4, 0.5) is 0 Å². The molecule has 0 aliphatic heterocycles. The van der Waals surface area contributed by atoms with Gasteiger partial charge in [0.1, 0.15) is 0 Å². The third kappa shape index (κ3) is 10.2. The van der Waals surface area contributed by atoms with Crippen molar-refractivity contribution in [3.63, 3.8) is 0 Å². The molecule has 0 fully saturated rings. The topological polar surface area (TPSA) is 0 Å². The summed E-state index contributed by atoms with van der Waals surface area (Å²) >= 11 is 1.65. The molecule has 4 heteroatoms. The molecule has 0 radical (unpaired) electrons. The second kappa shape index (κ2) is 16.8. The number of hydrogen-bond donors (Lipinski definition) is 0. The summed E-state index contributed by atoms with van der Waals surface area (Å²) in [5.41, 5.74) is 13.9. The van der Waals surface area contributed by atoms with Crippen molar-refractivity contribution >= 4 is 15.8 Å². The van der Waals surface area contributed by atoms with Crippen LogP contribution in [-0.4, -0.2) is 5.43 Å². The zero-order valence-corrected chi connectivity index (χ0v) is 34.2. The maximum absolute atomic E-state index is 3.69. The normalized spacial score (nSPS) is 11.4. The minimum Gasteiger partial charge on any atom is -1.00 e. The number of benzene rings is 4. The number of halogens is 2. The van der Waals surface area contributed by atoms with Crippen molar-refractivity contribution in [3.05, 3.63) is 148 Å². The smallest absolute Gasteiger partial charge is 0.172 e. The average molecular weight is 743 g/mol. The van der Waals surface area contributed by atoms with Gasteiger partial charge in [-0.15, -0.1) is 16.7 Å². The van der Waals surface area contributed by atoms with Crippen LogP contribution in [-0.2, 0) is 40.6 Å². The van der Waals surface area contributed by atoms with E-state index in [9.17, 15) is 0 Å². The first-order chi connectivity index (χ1) is 20.6. The van der Waals surface area contributed by atoms with Crippen molar-refractivity contribution < 1.29 is 48.1 Å². The molecule has 0 nitrogen and oxygen atoms in total. The van der Waals surface area contributed by atoms with Gasteiger partial charge in [0.2, 0.25) is 0 Å². The van der Waals surface area contributed by atoms with Crippen molar-refractivity contribution in [2.24, 2.45) is 0 Å². The predicted octanol–water partition coefficient (Wildman–Crippen LogP) is 3.64. The molecule has 0 unspecified atom stereocenters. The van der Waals surface area contributed by atoms with Gasteiger partial charge in [-0.25, -0.2) is 12.1 Å². The molecule has 0 saturated carbocycles. The summed E-state index contributed by atoms with van der Waals surface area (Å²) < 4.78 is 0. The Bertz CT molecular complexity index is 1620. The third-order valence-electron chi connectivity index (χ3n) is 8.25. The molecule has 1 aliphatic rings. The van der Waals surface area contributed by atoms with E-state index in [1.807, 2.05) is 30.3 Å². The Morgan fingerprint density at radius 3 is 1.59 bits per heavy atom.